The molecular weight excluding hydrogens is 287 g/mol. The van der Waals surface area contributed by atoms with Crippen molar-refractivity contribution in [3.63, 3.8) is 0 Å². The number of aromatic nitrogens is 3. The van der Waals surface area contributed by atoms with Gasteiger partial charge in [0.15, 0.2) is 11.6 Å². The average molecular weight is 306 g/mol. The number of benzene rings is 1. The summed E-state index contributed by atoms with van der Waals surface area (Å²) in [6.07, 6.45) is 1.63. The third-order valence-electron chi connectivity index (χ3n) is 3.21. The molecule has 0 radical (unpaired) electrons. The van der Waals surface area contributed by atoms with Crippen LogP contribution in [0.2, 0.25) is 0 Å². The summed E-state index contributed by atoms with van der Waals surface area (Å²) < 4.78 is 20.2. The minimum atomic E-state index is -0.424. The van der Waals surface area contributed by atoms with Crippen LogP contribution in [0.25, 0.3) is 0 Å². The van der Waals surface area contributed by atoms with E-state index in [-0.39, 0.29) is 24.8 Å². The molecule has 2 aromatic rings. The number of ether oxygens (including phenoxy) is 1. The number of nitrogens with zero attached hydrogens (tertiary/aromatic N) is 4. The molecule has 118 valence electrons. The van der Waals surface area contributed by atoms with Crippen molar-refractivity contribution in [2.75, 3.05) is 13.1 Å². The smallest absolute Gasteiger partial charge is 0.244 e. The summed E-state index contributed by atoms with van der Waals surface area (Å²) >= 11 is 0. The molecule has 0 saturated heterocycles. The van der Waals surface area contributed by atoms with Gasteiger partial charge in [-0.2, -0.15) is 0 Å². The van der Waals surface area contributed by atoms with E-state index in [4.69, 9.17) is 4.74 Å². The quantitative estimate of drug-likeness (QED) is 0.783. The molecule has 0 saturated carbocycles. The summed E-state index contributed by atoms with van der Waals surface area (Å²) in [6.45, 7) is 5.40. The highest BCUT2D eigenvalue weighted by Gasteiger charge is 2.12. The molecule has 0 bridgehead atoms. The molecular formula is C15H19FN4O2. The SMILES string of the molecule is CCN(CC)C(=O)Cn1cc(COc2ccccc2F)nn1. The van der Waals surface area contributed by atoms with E-state index in [2.05, 4.69) is 10.3 Å². The Balaban J connectivity index is 1.92. The second-order valence-electron chi connectivity index (χ2n) is 4.69. The molecule has 0 aliphatic heterocycles. The first-order chi connectivity index (χ1) is 10.6. The van der Waals surface area contributed by atoms with Crippen molar-refractivity contribution in [2.45, 2.75) is 27.0 Å². The van der Waals surface area contributed by atoms with Crippen LogP contribution < -0.4 is 4.74 Å². The fourth-order valence-electron chi connectivity index (χ4n) is 2.01. The highest BCUT2D eigenvalue weighted by molar-refractivity contribution is 5.75. The Bertz CT molecular complexity index is 626. The van der Waals surface area contributed by atoms with Crippen LogP contribution in [0.1, 0.15) is 19.5 Å². The number of likely N-dealkylation sites (N-methyl/N-ethyl adjacent to an activating group) is 1. The molecule has 1 aromatic carbocycles. The lowest BCUT2D eigenvalue weighted by Crippen LogP contribution is -2.33. The lowest BCUT2D eigenvalue weighted by Gasteiger charge is -2.17. The molecule has 0 unspecified atom stereocenters. The first kappa shape index (κ1) is 15.9. The van der Waals surface area contributed by atoms with E-state index in [1.54, 1.807) is 29.3 Å². The van der Waals surface area contributed by atoms with Crippen molar-refractivity contribution in [2.24, 2.45) is 0 Å². The van der Waals surface area contributed by atoms with Crippen molar-refractivity contribution >= 4 is 5.91 Å². The van der Waals surface area contributed by atoms with Crippen molar-refractivity contribution in [3.8, 4) is 5.75 Å². The minimum Gasteiger partial charge on any atom is -0.484 e. The van der Waals surface area contributed by atoms with Gasteiger partial charge in [-0.25, -0.2) is 9.07 Å². The van der Waals surface area contributed by atoms with Gasteiger partial charge in [0.05, 0.1) is 6.20 Å². The molecule has 0 aliphatic rings. The lowest BCUT2D eigenvalue weighted by molar-refractivity contribution is -0.131. The predicted octanol–water partition coefficient (Wildman–Crippen LogP) is 1.86. The van der Waals surface area contributed by atoms with E-state index in [0.29, 0.717) is 18.8 Å². The standard InChI is InChI=1S/C15H19FN4O2/c1-3-19(4-2)15(21)10-20-9-12(17-18-20)11-22-14-8-6-5-7-13(14)16/h5-9H,3-4,10-11H2,1-2H3. The monoisotopic (exact) mass is 306 g/mol. The van der Waals surface area contributed by atoms with Crippen LogP contribution in [0.15, 0.2) is 30.5 Å². The second kappa shape index (κ2) is 7.53. The Morgan fingerprint density at radius 1 is 1.32 bits per heavy atom. The molecule has 0 spiro atoms. The maximum atomic E-state index is 13.4. The average Bonchev–Trinajstić information content (AvgIpc) is 2.95. The zero-order chi connectivity index (χ0) is 15.9. The Kier molecular flexibility index (Phi) is 5.46. The number of rotatable bonds is 7. The van der Waals surface area contributed by atoms with Gasteiger partial charge < -0.3 is 9.64 Å². The third-order valence-corrected chi connectivity index (χ3v) is 3.21. The van der Waals surface area contributed by atoms with Crippen LogP contribution in [-0.4, -0.2) is 38.9 Å². The van der Waals surface area contributed by atoms with Gasteiger partial charge in [0.2, 0.25) is 5.91 Å². The molecule has 0 aliphatic carbocycles. The van der Waals surface area contributed by atoms with Crippen LogP contribution in [0.4, 0.5) is 4.39 Å². The zero-order valence-corrected chi connectivity index (χ0v) is 12.7. The molecule has 7 heteroatoms. The highest BCUT2D eigenvalue weighted by Crippen LogP contribution is 2.16. The Morgan fingerprint density at radius 2 is 2.05 bits per heavy atom. The lowest BCUT2D eigenvalue weighted by atomic mass is 10.3. The topological polar surface area (TPSA) is 60.2 Å². The van der Waals surface area contributed by atoms with Gasteiger partial charge in [-0.3, -0.25) is 4.79 Å². The van der Waals surface area contributed by atoms with Crippen molar-refractivity contribution < 1.29 is 13.9 Å². The van der Waals surface area contributed by atoms with Crippen LogP contribution in [0.3, 0.4) is 0 Å². The van der Waals surface area contributed by atoms with Crippen molar-refractivity contribution in [3.05, 3.63) is 42.0 Å². The predicted molar refractivity (Wildman–Crippen MR) is 78.7 cm³/mol. The summed E-state index contributed by atoms with van der Waals surface area (Å²) in [5, 5.41) is 7.81. The van der Waals surface area contributed by atoms with Crippen molar-refractivity contribution in [1.29, 1.82) is 0 Å². The van der Waals surface area contributed by atoms with E-state index < -0.39 is 5.82 Å². The number of halogens is 1. The highest BCUT2D eigenvalue weighted by atomic mass is 19.1. The molecule has 2 rings (SSSR count). The summed E-state index contributed by atoms with van der Waals surface area (Å²) in [6, 6.07) is 6.16. The maximum Gasteiger partial charge on any atom is 0.244 e. The van der Waals surface area contributed by atoms with Gasteiger partial charge in [0.25, 0.3) is 0 Å². The van der Waals surface area contributed by atoms with Gasteiger partial charge in [-0.1, -0.05) is 17.3 Å². The molecule has 6 nitrogen and oxygen atoms in total. The first-order valence-electron chi connectivity index (χ1n) is 7.18. The summed E-state index contributed by atoms with van der Waals surface area (Å²) in [5.41, 5.74) is 0.538. The van der Waals surface area contributed by atoms with E-state index in [1.165, 1.54) is 10.7 Å². The van der Waals surface area contributed by atoms with Gasteiger partial charge in [0, 0.05) is 13.1 Å². The fourth-order valence-corrected chi connectivity index (χ4v) is 2.01. The molecule has 0 N–H and O–H groups in total. The van der Waals surface area contributed by atoms with Gasteiger partial charge in [-0.15, -0.1) is 5.10 Å². The molecule has 0 fully saturated rings. The number of para-hydroxylation sites is 1. The normalized spacial score (nSPS) is 10.5. The van der Waals surface area contributed by atoms with E-state index in [1.807, 2.05) is 13.8 Å². The Hall–Kier alpha value is -2.44. The number of amides is 1. The number of carbonyl (C=O) groups excluding carboxylic acids is 1. The van der Waals surface area contributed by atoms with Crippen molar-refractivity contribution in [1.82, 2.24) is 19.9 Å². The van der Waals surface area contributed by atoms with E-state index in [0.717, 1.165) is 0 Å². The van der Waals surface area contributed by atoms with Crippen LogP contribution in [0.5, 0.6) is 5.75 Å². The number of hydrogen-bond donors (Lipinski definition) is 0. The number of carbonyl (C=O) groups is 1. The largest absolute Gasteiger partial charge is 0.484 e. The minimum absolute atomic E-state index is 0.0172. The van der Waals surface area contributed by atoms with Crippen LogP contribution in [0, 0.1) is 5.82 Å². The molecule has 1 amide bonds. The Morgan fingerprint density at radius 3 is 2.73 bits per heavy atom. The van der Waals surface area contributed by atoms with Crippen LogP contribution >= 0.6 is 0 Å². The van der Waals surface area contributed by atoms with Crippen LogP contribution in [-0.2, 0) is 17.9 Å². The van der Waals surface area contributed by atoms with E-state index >= 15 is 0 Å². The maximum absolute atomic E-state index is 13.4. The number of hydrogen-bond acceptors (Lipinski definition) is 4. The molecule has 22 heavy (non-hydrogen) atoms. The fraction of sp³-hybridized carbons (Fsp3) is 0.400. The first-order valence-corrected chi connectivity index (χ1v) is 7.18. The van der Waals surface area contributed by atoms with Gasteiger partial charge in [0.1, 0.15) is 18.8 Å². The molecule has 0 atom stereocenters. The Labute approximate surface area is 128 Å². The second-order valence-corrected chi connectivity index (χ2v) is 4.69. The van der Waals surface area contributed by atoms with Gasteiger partial charge in [-0.05, 0) is 26.0 Å². The summed E-state index contributed by atoms with van der Waals surface area (Å²) in [5.74, 6) is -0.278. The zero-order valence-electron chi connectivity index (χ0n) is 12.7. The molecule has 1 heterocycles. The summed E-state index contributed by atoms with van der Waals surface area (Å²) in [7, 11) is 0. The summed E-state index contributed by atoms with van der Waals surface area (Å²) in [4.78, 5) is 13.7. The van der Waals surface area contributed by atoms with E-state index in [9.17, 15) is 9.18 Å². The molecule has 1 aromatic heterocycles. The van der Waals surface area contributed by atoms with Gasteiger partial charge >= 0.3 is 0 Å². The third kappa shape index (κ3) is 4.03.